The van der Waals surface area contributed by atoms with Crippen molar-refractivity contribution in [3.8, 4) is 17.0 Å². The van der Waals surface area contributed by atoms with Gasteiger partial charge in [-0.25, -0.2) is 13.8 Å². The summed E-state index contributed by atoms with van der Waals surface area (Å²) in [4.78, 5) is 23.7. The quantitative estimate of drug-likeness (QED) is 0.551. The summed E-state index contributed by atoms with van der Waals surface area (Å²) in [6, 6.07) is 6.99. The number of halogens is 2. The highest BCUT2D eigenvalue weighted by molar-refractivity contribution is 6.01. The summed E-state index contributed by atoms with van der Waals surface area (Å²) in [7, 11) is 1.28. The second kappa shape index (κ2) is 9.50. The molecule has 1 atom stereocenters. The van der Waals surface area contributed by atoms with Crippen LogP contribution in [0, 0.1) is 11.6 Å². The highest BCUT2D eigenvalue weighted by Gasteiger charge is 2.23. The first-order chi connectivity index (χ1) is 15.9. The Kier molecular flexibility index (Phi) is 6.50. The number of ketones is 1. The van der Waals surface area contributed by atoms with Crippen LogP contribution < -0.4 is 21.1 Å². The Balaban J connectivity index is 1.66. The van der Waals surface area contributed by atoms with Gasteiger partial charge in [-0.3, -0.25) is 9.78 Å². The van der Waals surface area contributed by atoms with Gasteiger partial charge in [0.05, 0.1) is 24.1 Å². The number of piperidine rings is 1. The Hall–Kier alpha value is -3.59. The molecular formula is C24H25F2N5O2. The van der Waals surface area contributed by atoms with Gasteiger partial charge < -0.3 is 21.1 Å². The molecule has 1 aromatic carbocycles. The number of aromatic nitrogens is 2. The normalized spacial score (nSPS) is 16.0. The van der Waals surface area contributed by atoms with Crippen molar-refractivity contribution in [3.05, 3.63) is 65.6 Å². The molecule has 0 aliphatic carbocycles. The number of anilines is 2. The van der Waals surface area contributed by atoms with E-state index in [1.165, 1.54) is 25.3 Å². The molecule has 0 unspecified atom stereocenters. The monoisotopic (exact) mass is 453 g/mol. The molecule has 2 aromatic heterocycles. The number of nitrogen functional groups attached to an aromatic ring is 1. The van der Waals surface area contributed by atoms with E-state index in [1.54, 1.807) is 12.4 Å². The number of Topliss-reactive ketones (excluding diaryl/α,β-unsaturated/α-hetero) is 1. The molecule has 0 saturated carbocycles. The highest BCUT2D eigenvalue weighted by Crippen LogP contribution is 2.32. The Morgan fingerprint density at radius 1 is 1.24 bits per heavy atom. The minimum Gasteiger partial charge on any atom is -0.494 e. The number of methoxy groups -OCH3 is 1. The van der Waals surface area contributed by atoms with E-state index in [4.69, 9.17) is 16.2 Å². The molecule has 1 fully saturated rings. The van der Waals surface area contributed by atoms with E-state index < -0.39 is 11.6 Å². The molecule has 0 spiro atoms. The summed E-state index contributed by atoms with van der Waals surface area (Å²) in [6.07, 6.45) is 5.21. The van der Waals surface area contributed by atoms with E-state index in [0.717, 1.165) is 31.1 Å². The number of nitrogens with zero attached hydrogens (tertiary/aromatic N) is 3. The fourth-order valence-electron chi connectivity index (χ4n) is 4.11. The zero-order chi connectivity index (χ0) is 23.5. The van der Waals surface area contributed by atoms with Crippen molar-refractivity contribution < 1.29 is 18.3 Å². The Bertz CT molecular complexity index is 1190. The molecule has 1 aliphatic heterocycles. The van der Waals surface area contributed by atoms with Crippen LogP contribution in [0.4, 0.5) is 20.2 Å². The molecule has 1 saturated heterocycles. The molecule has 3 aromatic rings. The van der Waals surface area contributed by atoms with Crippen LogP contribution >= 0.6 is 0 Å². The molecule has 0 amide bonds. The lowest BCUT2D eigenvalue weighted by atomic mass is 10.0. The van der Waals surface area contributed by atoms with Gasteiger partial charge in [-0.2, -0.15) is 0 Å². The van der Waals surface area contributed by atoms with Gasteiger partial charge in [0.2, 0.25) is 0 Å². The second-order valence-electron chi connectivity index (χ2n) is 8.03. The lowest BCUT2D eigenvalue weighted by molar-refractivity contribution is 0.0989. The Labute approximate surface area is 190 Å². The van der Waals surface area contributed by atoms with Crippen LogP contribution in [0.3, 0.4) is 0 Å². The third kappa shape index (κ3) is 4.63. The largest absolute Gasteiger partial charge is 0.494 e. The number of hydrogen-bond donors (Lipinski definition) is 2. The zero-order valence-electron chi connectivity index (χ0n) is 18.2. The third-order valence-corrected chi connectivity index (χ3v) is 5.75. The average Bonchev–Trinajstić information content (AvgIpc) is 2.80. The van der Waals surface area contributed by atoms with Crippen LogP contribution in [0.15, 0.2) is 42.7 Å². The number of rotatable bonds is 6. The smallest absolute Gasteiger partial charge is 0.187 e. The Morgan fingerprint density at radius 3 is 2.82 bits per heavy atom. The van der Waals surface area contributed by atoms with Crippen molar-refractivity contribution in [2.24, 2.45) is 5.73 Å². The van der Waals surface area contributed by atoms with Gasteiger partial charge >= 0.3 is 0 Å². The topological polar surface area (TPSA) is 107 Å². The van der Waals surface area contributed by atoms with Crippen molar-refractivity contribution in [1.29, 1.82) is 0 Å². The summed E-state index contributed by atoms with van der Waals surface area (Å²) < 4.78 is 34.1. The summed E-state index contributed by atoms with van der Waals surface area (Å²) in [5, 5.41) is 0. The maximum atomic E-state index is 14.7. The van der Waals surface area contributed by atoms with E-state index in [9.17, 15) is 13.6 Å². The fraction of sp³-hybridized carbons (Fsp3) is 0.292. The molecule has 0 radical (unpaired) electrons. The van der Waals surface area contributed by atoms with E-state index in [-0.39, 0.29) is 46.6 Å². The molecule has 33 heavy (non-hydrogen) atoms. The van der Waals surface area contributed by atoms with E-state index in [0.29, 0.717) is 12.1 Å². The molecule has 4 rings (SSSR count). The summed E-state index contributed by atoms with van der Waals surface area (Å²) in [6.45, 7) is 1.53. The van der Waals surface area contributed by atoms with E-state index in [1.807, 2.05) is 6.07 Å². The number of carbonyl (C=O) groups excluding carboxylic acids is 1. The predicted molar refractivity (Wildman–Crippen MR) is 122 cm³/mol. The number of pyridine rings is 2. The van der Waals surface area contributed by atoms with Crippen LogP contribution in [-0.2, 0) is 6.42 Å². The van der Waals surface area contributed by atoms with Crippen molar-refractivity contribution in [3.63, 3.8) is 0 Å². The minimum atomic E-state index is -0.899. The first-order valence-corrected chi connectivity index (χ1v) is 10.6. The van der Waals surface area contributed by atoms with Crippen molar-refractivity contribution in [2.75, 3.05) is 30.8 Å². The van der Waals surface area contributed by atoms with Gasteiger partial charge in [-0.05, 0) is 43.2 Å². The molecule has 4 N–H and O–H groups in total. The number of benzene rings is 1. The summed E-state index contributed by atoms with van der Waals surface area (Å²) in [5.41, 5.74) is 13.4. The van der Waals surface area contributed by atoms with Gasteiger partial charge in [-0.1, -0.05) is 0 Å². The molecule has 3 heterocycles. The van der Waals surface area contributed by atoms with Gasteiger partial charge in [0, 0.05) is 49.2 Å². The molecule has 7 nitrogen and oxygen atoms in total. The first-order valence-electron chi connectivity index (χ1n) is 10.6. The number of carbonyl (C=O) groups is 1. The number of hydrogen-bond acceptors (Lipinski definition) is 7. The lowest BCUT2D eigenvalue weighted by Gasteiger charge is -2.33. The molecule has 172 valence electrons. The summed E-state index contributed by atoms with van der Waals surface area (Å²) in [5.74, 6) is -2.23. The maximum Gasteiger partial charge on any atom is 0.187 e. The lowest BCUT2D eigenvalue weighted by Crippen LogP contribution is -2.43. The average molecular weight is 453 g/mol. The van der Waals surface area contributed by atoms with E-state index >= 15 is 0 Å². The Morgan fingerprint density at radius 2 is 2.06 bits per heavy atom. The summed E-state index contributed by atoms with van der Waals surface area (Å²) >= 11 is 0. The first kappa shape index (κ1) is 22.6. The molecule has 0 bridgehead atoms. The van der Waals surface area contributed by atoms with Crippen molar-refractivity contribution >= 4 is 17.2 Å². The van der Waals surface area contributed by atoms with Gasteiger partial charge in [0.1, 0.15) is 11.5 Å². The minimum absolute atomic E-state index is 0.0152. The number of ether oxygens (including phenoxy) is 1. The van der Waals surface area contributed by atoms with Gasteiger partial charge in [0.15, 0.2) is 17.3 Å². The fourth-order valence-corrected chi connectivity index (χ4v) is 4.11. The van der Waals surface area contributed by atoms with Crippen molar-refractivity contribution in [2.45, 2.75) is 25.3 Å². The van der Waals surface area contributed by atoms with Crippen LogP contribution in [-0.4, -0.2) is 42.0 Å². The molecule has 1 aliphatic rings. The molecule has 9 heteroatoms. The maximum absolute atomic E-state index is 14.7. The van der Waals surface area contributed by atoms with Crippen LogP contribution in [0.5, 0.6) is 5.75 Å². The predicted octanol–water partition coefficient (Wildman–Crippen LogP) is 3.37. The SMILES string of the molecule is COc1ccc(F)c(-c2ccc(N)c(C(=O)Cc3cnccc3N3CCC[C@H](N)C3)n2)c1F. The third-order valence-electron chi connectivity index (χ3n) is 5.75. The van der Waals surface area contributed by atoms with Crippen LogP contribution in [0.1, 0.15) is 28.9 Å². The number of nitrogens with two attached hydrogens (primary N) is 2. The van der Waals surface area contributed by atoms with Gasteiger partial charge in [-0.15, -0.1) is 0 Å². The second-order valence-corrected chi connectivity index (χ2v) is 8.03. The van der Waals surface area contributed by atoms with Crippen molar-refractivity contribution in [1.82, 2.24) is 9.97 Å². The highest BCUT2D eigenvalue weighted by atomic mass is 19.1. The zero-order valence-corrected chi connectivity index (χ0v) is 18.2. The van der Waals surface area contributed by atoms with Crippen LogP contribution in [0.2, 0.25) is 0 Å². The van der Waals surface area contributed by atoms with Crippen LogP contribution in [0.25, 0.3) is 11.3 Å². The molecular weight excluding hydrogens is 428 g/mol. The standard InChI is InChI=1S/C24H25F2N5O2/c1-33-21-7-4-16(25)22(23(21)26)18-6-5-17(28)24(30-18)20(32)11-14-12-29-9-8-19(14)31-10-2-3-15(27)13-31/h4-9,12,15H,2-3,10-11,13,27-28H2,1H3/t15-/m0/s1. The van der Waals surface area contributed by atoms with E-state index in [2.05, 4.69) is 14.9 Å². The van der Waals surface area contributed by atoms with Gasteiger partial charge in [0.25, 0.3) is 0 Å².